The number of nitrogens with two attached hydrogens (primary N) is 1. The van der Waals surface area contributed by atoms with Crippen LogP contribution >= 0.6 is 15.9 Å². The summed E-state index contributed by atoms with van der Waals surface area (Å²) in [5, 5.41) is 0. The van der Waals surface area contributed by atoms with Gasteiger partial charge in [-0.25, -0.2) is 10.2 Å². The predicted molar refractivity (Wildman–Crippen MR) is 63.1 cm³/mol. The van der Waals surface area contributed by atoms with E-state index in [1.54, 1.807) is 12.1 Å². The van der Waals surface area contributed by atoms with E-state index in [-0.39, 0.29) is 5.82 Å². The molecule has 0 saturated heterocycles. The van der Waals surface area contributed by atoms with E-state index in [1.165, 1.54) is 6.07 Å². The molecule has 0 heterocycles. The fraction of sp³-hybridized carbons (Fsp3) is 0.300. The number of nitrogens with zero attached hydrogens (tertiary/aromatic N) is 1. The third kappa shape index (κ3) is 3.00. The second-order valence-corrected chi connectivity index (χ2v) is 3.77. The summed E-state index contributed by atoms with van der Waals surface area (Å²) in [4.78, 5) is 4.22. The Balaban J connectivity index is 3.07. The molecule has 0 saturated carbocycles. The van der Waals surface area contributed by atoms with Crippen molar-refractivity contribution in [1.82, 2.24) is 5.43 Å². The van der Waals surface area contributed by atoms with Crippen LogP contribution in [-0.2, 0) is 0 Å². The van der Waals surface area contributed by atoms with Gasteiger partial charge < -0.3 is 5.43 Å². The van der Waals surface area contributed by atoms with Gasteiger partial charge >= 0.3 is 0 Å². The quantitative estimate of drug-likeness (QED) is 0.384. The third-order valence-electron chi connectivity index (χ3n) is 1.84. The molecule has 5 heteroatoms. The van der Waals surface area contributed by atoms with E-state index in [9.17, 15) is 4.39 Å². The maximum absolute atomic E-state index is 13.2. The van der Waals surface area contributed by atoms with Crippen molar-refractivity contribution in [2.24, 2.45) is 10.8 Å². The normalized spacial score (nSPS) is 11.6. The van der Waals surface area contributed by atoms with Gasteiger partial charge in [0.2, 0.25) is 0 Å². The molecular weight excluding hydrogens is 261 g/mol. The minimum atomic E-state index is -0.327. The highest BCUT2D eigenvalue weighted by Crippen LogP contribution is 2.20. The topological polar surface area (TPSA) is 50.4 Å². The largest absolute Gasteiger partial charge is 0.308 e. The van der Waals surface area contributed by atoms with Crippen LogP contribution in [0, 0.1) is 5.82 Å². The highest BCUT2D eigenvalue weighted by atomic mass is 79.9. The summed E-state index contributed by atoms with van der Waals surface area (Å²) in [5.74, 6) is 5.50. The van der Waals surface area contributed by atoms with E-state index >= 15 is 0 Å². The number of nitrogens with one attached hydrogen (secondary N) is 1. The van der Waals surface area contributed by atoms with E-state index < -0.39 is 0 Å². The van der Waals surface area contributed by atoms with Gasteiger partial charge in [-0.05, 0) is 34.5 Å². The van der Waals surface area contributed by atoms with Crippen LogP contribution in [0.15, 0.2) is 27.7 Å². The molecule has 0 spiro atoms. The van der Waals surface area contributed by atoms with Gasteiger partial charge in [-0.3, -0.25) is 4.99 Å². The van der Waals surface area contributed by atoms with Crippen molar-refractivity contribution < 1.29 is 4.39 Å². The molecule has 1 aromatic carbocycles. The van der Waals surface area contributed by atoms with Gasteiger partial charge in [-0.2, -0.15) is 0 Å². The molecule has 0 bridgehead atoms. The lowest BCUT2D eigenvalue weighted by Crippen LogP contribution is -2.31. The van der Waals surface area contributed by atoms with Gasteiger partial charge in [0, 0.05) is 12.1 Å². The number of amidine groups is 1. The summed E-state index contributed by atoms with van der Waals surface area (Å²) in [6.07, 6.45) is 0.915. The van der Waals surface area contributed by atoms with Crippen molar-refractivity contribution in [2.45, 2.75) is 13.3 Å². The lowest BCUT2D eigenvalue weighted by molar-refractivity contribution is 0.620. The van der Waals surface area contributed by atoms with Crippen LogP contribution < -0.4 is 11.3 Å². The second kappa shape index (κ2) is 5.82. The molecule has 0 unspecified atom stereocenters. The first-order chi connectivity index (χ1) is 7.20. The van der Waals surface area contributed by atoms with Crippen LogP contribution in [-0.4, -0.2) is 12.4 Å². The van der Waals surface area contributed by atoms with Crippen LogP contribution in [0.3, 0.4) is 0 Å². The van der Waals surface area contributed by atoms with Crippen molar-refractivity contribution in [1.29, 1.82) is 0 Å². The Hall–Kier alpha value is -0.940. The lowest BCUT2D eigenvalue weighted by atomic mass is 10.2. The molecule has 0 radical (unpaired) electrons. The first-order valence-electron chi connectivity index (χ1n) is 4.66. The molecule has 1 rings (SSSR count). The summed E-state index contributed by atoms with van der Waals surface area (Å²) in [6, 6.07) is 4.75. The molecule has 3 nitrogen and oxygen atoms in total. The molecule has 3 N–H and O–H groups in total. The maximum Gasteiger partial charge on any atom is 0.143 e. The van der Waals surface area contributed by atoms with Crippen LogP contribution in [0.1, 0.15) is 18.9 Å². The third-order valence-corrected chi connectivity index (χ3v) is 2.64. The van der Waals surface area contributed by atoms with Crippen molar-refractivity contribution in [3.63, 3.8) is 0 Å². The molecule has 15 heavy (non-hydrogen) atoms. The molecule has 0 aliphatic heterocycles. The average Bonchev–Trinajstić information content (AvgIpc) is 2.25. The van der Waals surface area contributed by atoms with E-state index in [0.29, 0.717) is 22.4 Å². The summed E-state index contributed by atoms with van der Waals surface area (Å²) < 4.78 is 13.6. The monoisotopic (exact) mass is 273 g/mol. The molecule has 82 valence electrons. The Bertz CT molecular complexity index is 366. The Kier molecular flexibility index (Phi) is 4.71. The predicted octanol–water partition coefficient (Wildman–Crippen LogP) is 2.21. The minimum Gasteiger partial charge on any atom is -0.308 e. The van der Waals surface area contributed by atoms with Gasteiger partial charge in [0.1, 0.15) is 11.7 Å². The van der Waals surface area contributed by atoms with Crippen LogP contribution in [0.5, 0.6) is 0 Å². The summed E-state index contributed by atoms with van der Waals surface area (Å²) in [5.41, 5.74) is 3.11. The minimum absolute atomic E-state index is 0.327. The first kappa shape index (κ1) is 12.1. The zero-order chi connectivity index (χ0) is 11.3. The number of hydrogen-bond acceptors (Lipinski definition) is 2. The van der Waals surface area contributed by atoms with E-state index in [0.717, 1.165) is 6.42 Å². The zero-order valence-electron chi connectivity index (χ0n) is 8.43. The fourth-order valence-corrected chi connectivity index (χ4v) is 1.57. The van der Waals surface area contributed by atoms with Gasteiger partial charge in [-0.1, -0.05) is 13.0 Å². The molecule has 0 aliphatic carbocycles. The van der Waals surface area contributed by atoms with Gasteiger partial charge in [0.25, 0.3) is 0 Å². The van der Waals surface area contributed by atoms with Crippen molar-refractivity contribution in [2.75, 3.05) is 6.54 Å². The van der Waals surface area contributed by atoms with Crippen LogP contribution in [0.25, 0.3) is 0 Å². The number of benzene rings is 1. The zero-order valence-corrected chi connectivity index (χ0v) is 10.0. The van der Waals surface area contributed by atoms with E-state index in [1.807, 2.05) is 6.92 Å². The average molecular weight is 274 g/mol. The summed E-state index contributed by atoms with van der Waals surface area (Å²) in [6.45, 7) is 2.67. The SMILES string of the molecule is CCCN=C(NN)c1cccc(F)c1Br. The van der Waals surface area contributed by atoms with Gasteiger partial charge in [-0.15, -0.1) is 0 Å². The molecule has 0 aliphatic rings. The number of hydrazine groups is 1. The van der Waals surface area contributed by atoms with Crippen molar-refractivity contribution in [3.05, 3.63) is 34.1 Å². The van der Waals surface area contributed by atoms with Gasteiger partial charge in [0.05, 0.1) is 4.47 Å². The molecule has 0 amide bonds. The second-order valence-electron chi connectivity index (χ2n) is 2.98. The van der Waals surface area contributed by atoms with Crippen LogP contribution in [0.4, 0.5) is 4.39 Å². The summed E-state index contributed by atoms with van der Waals surface area (Å²) in [7, 11) is 0. The molecule has 1 aromatic rings. The molecule has 0 fully saturated rings. The first-order valence-corrected chi connectivity index (χ1v) is 5.45. The number of halogens is 2. The molecule has 0 atom stereocenters. The smallest absolute Gasteiger partial charge is 0.143 e. The highest BCUT2D eigenvalue weighted by Gasteiger charge is 2.09. The Morgan fingerprint density at radius 1 is 1.60 bits per heavy atom. The molecular formula is C10H13BrFN3. The van der Waals surface area contributed by atoms with E-state index in [4.69, 9.17) is 5.84 Å². The highest BCUT2D eigenvalue weighted by molar-refractivity contribution is 9.10. The Morgan fingerprint density at radius 2 is 2.33 bits per heavy atom. The van der Waals surface area contributed by atoms with E-state index in [2.05, 4.69) is 26.3 Å². The Labute approximate surface area is 96.7 Å². The van der Waals surface area contributed by atoms with Crippen LogP contribution in [0.2, 0.25) is 0 Å². The number of aliphatic imine (C=N–C) groups is 1. The number of hydrogen-bond donors (Lipinski definition) is 2. The Morgan fingerprint density at radius 3 is 2.93 bits per heavy atom. The fourth-order valence-electron chi connectivity index (χ4n) is 1.12. The van der Waals surface area contributed by atoms with Gasteiger partial charge in [0.15, 0.2) is 0 Å². The van der Waals surface area contributed by atoms with Crippen molar-refractivity contribution in [3.8, 4) is 0 Å². The molecule has 0 aromatic heterocycles. The standard InChI is InChI=1S/C10H13BrFN3/c1-2-6-14-10(15-13)7-4-3-5-8(12)9(7)11/h3-5H,2,6,13H2,1H3,(H,14,15). The summed E-state index contributed by atoms with van der Waals surface area (Å²) >= 11 is 3.16. The maximum atomic E-state index is 13.2. The lowest BCUT2D eigenvalue weighted by Gasteiger charge is -2.08. The number of rotatable bonds is 3. The van der Waals surface area contributed by atoms with Crippen molar-refractivity contribution >= 4 is 21.8 Å².